The molecule has 2 atom stereocenters. The van der Waals surface area contributed by atoms with Gasteiger partial charge in [-0.15, -0.1) is 14.9 Å². The van der Waals surface area contributed by atoms with Gasteiger partial charge in [0.25, 0.3) is 0 Å². The highest BCUT2D eigenvalue weighted by Gasteiger charge is 2.29. The summed E-state index contributed by atoms with van der Waals surface area (Å²) in [7, 11) is 0. The van der Waals surface area contributed by atoms with Crippen LogP contribution in [0.4, 0.5) is 0 Å². The van der Waals surface area contributed by atoms with Gasteiger partial charge >= 0.3 is 0 Å². The molecule has 2 aromatic heterocycles. The van der Waals surface area contributed by atoms with Crippen LogP contribution in [-0.4, -0.2) is 28.9 Å². The molecule has 2 heterocycles. The van der Waals surface area contributed by atoms with Crippen molar-refractivity contribution in [3.8, 4) is 11.4 Å². The molecule has 4 rings (SSSR count). The Labute approximate surface area is 173 Å². The Morgan fingerprint density at radius 3 is 2.55 bits per heavy atom. The summed E-state index contributed by atoms with van der Waals surface area (Å²) in [6, 6.07) is 14.1. The number of aromatic nitrogens is 4. The van der Waals surface area contributed by atoms with Crippen LogP contribution >= 0.6 is 0 Å². The Kier molecular flexibility index (Phi) is 5.06. The van der Waals surface area contributed by atoms with Crippen molar-refractivity contribution in [3.05, 3.63) is 59.9 Å². The van der Waals surface area contributed by atoms with Crippen LogP contribution in [-0.2, 0) is 11.4 Å². The Bertz CT molecular complexity index is 1170. The zero-order valence-electron chi connectivity index (χ0n) is 17.3. The molecule has 0 aliphatic carbocycles. The summed E-state index contributed by atoms with van der Waals surface area (Å²) in [5.41, 5.74) is 4.70. The van der Waals surface area contributed by atoms with Crippen molar-refractivity contribution >= 4 is 27.9 Å². The van der Waals surface area contributed by atoms with Gasteiger partial charge in [0, 0.05) is 22.3 Å². The van der Waals surface area contributed by atoms with Crippen molar-refractivity contribution in [2.75, 3.05) is 0 Å². The summed E-state index contributed by atoms with van der Waals surface area (Å²) in [4.78, 5) is 5.02. The minimum absolute atomic E-state index is 0.140. The lowest BCUT2D eigenvalue weighted by Gasteiger charge is -2.27. The van der Waals surface area contributed by atoms with E-state index in [1.165, 1.54) is 0 Å². The molecular formula is C22H25N5OS. The molecule has 29 heavy (non-hydrogen) atoms. The van der Waals surface area contributed by atoms with Gasteiger partial charge in [0.05, 0.1) is 11.6 Å². The first-order valence-corrected chi connectivity index (χ1v) is 10.8. The summed E-state index contributed by atoms with van der Waals surface area (Å²) >= 11 is -1.19. The van der Waals surface area contributed by atoms with Gasteiger partial charge in [-0.05, 0) is 51.8 Å². The summed E-state index contributed by atoms with van der Waals surface area (Å²) in [5.74, 6) is 0.785. The monoisotopic (exact) mass is 407 g/mol. The zero-order valence-corrected chi connectivity index (χ0v) is 18.1. The number of hydrogen-bond donors (Lipinski definition) is 1. The van der Waals surface area contributed by atoms with Crippen LogP contribution in [0.3, 0.4) is 0 Å². The van der Waals surface area contributed by atoms with Crippen LogP contribution in [0.5, 0.6) is 0 Å². The molecule has 0 saturated carbocycles. The maximum atomic E-state index is 12.7. The third-order valence-corrected chi connectivity index (χ3v) is 6.54. The molecule has 7 heteroatoms. The van der Waals surface area contributed by atoms with Crippen molar-refractivity contribution in [2.45, 2.75) is 45.4 Å². The van der Waals surface area contributed by atoms with Crippen LogP contribution in [0.25, 0.3) is 27.9 Å². The first-order chi connectivity index (χ1) is 13.8. The largest absolute Gasteiger partial charge is 0.598 e. The lowest BCUT2D eigenvalue weighted by atomic mass is 10.0. The Morgan fingerprint density at radius 2 is 1.86 bits per heavy atom. The molecule has 0 spiro atoms. The highest BCUT2D eigenvalue weighted by molar-refractivity contribution is 7.90. The van der Waals surface area contributed by atoms with Crippen molar-refractivity contribution in [1.82, 2.24) is 24.3 Å². The highest BCUT2D eigenvalue weighted by atomic mass is 32.2. The first-order valence-electron chi connectivity index (χ1n) is 9.63. The van der Waals surface area contributed by atoms with Crippen molar-refractivity contribution in [2.24, 2.45) is 0 Å². The van der Waals surface area contributed by atoms with E-state index >= 15 is 0 Å². The SMILES string of the molecule is Cc1cc(C(C)N[S+]([O-])C(C)(C)C)c2nc(-c3ccccc3)n3cnnc3c2c1. The average Bonchev–Trinajstić information content (AvgIpc) is 3.17. The number of hydrogen-bond acceptors (Lipinski definition) is 5. The molecule has 150 valence electrons. The third-order valence-electron chi connectivity index (χ3n) is 4.86. The zero-order chi connectivity index (χ0) is 20.8. The van der Waals surface area contributed by atoms with Crippen molar-refractivity contribution in [3.63, 3.8) is 0 Å². The number of benzene rings is 2. The molecule has 0 saturated heterocycles. The van der Waals surface area contributed by atoms with E-state index in [4.69, 9.17) is 4.98 Å². The predicted molar refractivity (Wildman–Crippen MR) is 118 cm³/mol. The second-order valence-corrected chi connectivity index (χ2v) is 10.3. The molecule has 0 aliphatic heterocycles. The molecule has 2 aromatic carbocycles. The third kappa shape index (κ3) is 3.73. The quantitative estimate of drug-likeness (QED) is 0.508. The second-order valence-electron chi connectivity index (χ2n) is 8.30. The molecule has 0 bridgehead atoms. The number of nitrogens with one attached hydrogen (secondary N) is 1. The Morgan fingerprint density at radius 1 is 1.14 bits per heavy atom. The molecule has 0 amide bonds. The van der Waals surface area contributed by atoms with E-state index in [0.29, 0.717) is 0 Å². The fourth-order valence-electron chi connectivity index (χ4n) is 3.36. The number of rotatable bonds is 4. The van der Waals surface area contributed by atoms with Gasteiger partial charge in [-0.2, -0.15) is 0 Å². The van der Waals surface area contributed by atoms with Crippen LogP contribution in [0.1, 0.15) is 44.9 Å². The fraction of sp³-hybridized carbons (Fsp3) is 0.318. The molecule has 6 nitrogen and oxygen atoms in total. The standard InChI is InChI=1S/C22H25N5OS/c1-14-11-17(15(2)26-29(28)22(3,4)5)19-18(12-14)21-25-23-13-27(21)20(24-19)16-9-7-6-8-10-16/h6-13,15,26H,1-5H3. The van der Waals surface area contributed by atoms with Gasteiger partial charge in [0.15, 0.2) is 5.65 Å². The normalized spacial score (nSPS) is 14.4. The van der Waals surface area contributed by atoms with Crippen LogP contribution in [0.15, 0.2) is 48.8 Å². The number of fused-ring (bicyclic) bond motifs is 3. The van der Waals surface area contributed by atoms with Gasteiger partial charge in [-0.25, -0.2) is 4.98 Å². The second kappa shape index (κ2) is 7.40. The number of nitrogens with zero attached hydrogens (tertiary/aromatic N) is 4. The van der Waals surface area contributed by atoms with Gasteiger partial charge in [0.2, 0.25) is 0 Å². The summed E-state index contributed by atoms with van der Waals surface area (Å²) in [6.07, 6.45) is 1.70. The smallest absolute Gasteiger partial charge is 0.171 e. The first kappa shape index (κ1) is 19.8. The minimum Gasteiger partial charge on any atom is -0.598 e. The lowest BCUT2D eigenvalue weighted by Crippen LogP contribution is -2.40. The van der Waals surface area contributed by atoms with E-state index in [0.717, 1.165) is 39.1 Å². The summed E-state index contributed by atoms with van der Waals surface area (Å²) in [5, 5.41) is 9.44. The fourth-order valence-corrected chi connectivity index (χ4v) is 4.16. The highest BCUT2D eigenvalue weighted by Crippen LogP contribution is 2.31. The van der Waals surface area contributed by atoms with E-state index in [2.05, 4.69) is 27.1 Å². The molecule has 0 radical (unpaired) electrons. The predicted octanol–water partition coefficient (Wildman–Crippen LogP) is 4.37. The van der Waals surface area contributed by atoms with Gasteiger partial charge < -0.3 is 4.55 Å². The Hall–Kier alpha value is -2.48. The topological polar surface area (TPSA) is 78.2 Å². The maximum absolute atomic E-state index is 12.7. The van der Waals surface area contributed by atoms with E-state index in [9.17, 15) is 4.55 Å². The molecular weight excluding hydrogens is 382 g/mol. The molecule has 2 unspecified atom stereocenters. The summed E-state index contributed by atoms with van der Waals surface area (Å²) < 4.78 is 17.5. The van der Waals surface area contributed by atoms with Gasteiger partial charge in [-0.1, -0.05) is 36.4 Å². The average molecular weight is 408 g/mol. The van der Waals surface area contributed by atoms with E-state index in [-0.39, 0.29) is 10.8 Å². The van der Waals surface area contributed by atoms with E-state index in [1.54, 1.807) is 6.33 Å². The van der Waals surface area contributed by atoms with E-state index < -0.39 is 11.4 Å². The van der Waals surface area contributed by atoms with Gasteiger partial charge in [0.1, 0.15) is 16.9 Å². The van der Waals surface area contributed by atoms with Crippen molar-refractivity contribution in [1.29, 1.82) is 0 Å². The van der Waals surface area contributed by atoms with Crippen molar-refractivity contribution < 1.29 is 4.55 Å². The molecule has 4 aromatic rings. The lowest BCUT2D eigenvalue weighted by molar-refractivity contribution is 0.531. The van der Waals surface area contributed by atoms with Crippen LogP contribution in [0.2, 0.25) is 0 Å². The Balaban J connectivity index is 1.94. The van der Waals surface area contributed by atoms with Crippen LogP contribution < -0.4 is 4.72 Å². The molecule has 1 N–H and O–H groups in total. The molecule has 0 fully saturated rings. The van der Waals surface area contributed by atoms with Gasteiger partial charge in [-0.3, -0.25) is 4.40 Å². The number of aryl methyl sites for hydroxylation is 1. The van der Waals surface area contributed by atoms with Crippen LogP contribution in [0, 0.1) is 6.92 Å². The van der Waals surface area contributed by atoms with E-state index in [1.807, 2.05) is 69.4 Å². The maximum Gasteiger partial charge on any atom is 0.171 e. The molecule has 0 aliphatic rings. The minimum atomic E-state index is -1.19. The summed E-state index contributed by atoms with van der Waals surface area (Å²) in [6.45, 7) is 9.96.